The van der Waals surface area contributed by atoms with Gasteiger partial charge in [0.25, 0.3) is 0 Å². The molecule has 0 bridgehead atoms. The second-order valence-electron chi connectivity index (χ2n) is 6.23. The third-order valence-corrected chi connectivity index (χ3v) is 5.71. The van der Waals surface area contributed by atoms with Crippen molar-refractivity contribution in [2.45, 2.75) is 19.5 Å². The minimum Gasteiger partial charge on any atom is -0.435 e. The normalized spacial score (nSPS) is 13.6. The number of halogens is 3. The number of sulfonamides is 1. The van der Waals surface area contributed by atoms with Crippen molar-refractivity contribution in [3.8, 4) is 5.75 Å². The number of fused-ring (bicyclic) bond motifs is 1. The van der Waals surface area contributed by atoms with E-state index in [0.29, 0.717) is 17.5 Å². The summed E-state index contributed by atoms with van der Waals surface area (Å²) in [5.41, 5.74) is 1.47. The molecular formula is C19H17F3N2O4S. The molecule has 0 unspecified atom stereocenters. The van der Waals surface area contributed by atoms with Gasteiger partial charge < -0.3 is 10.1 Å². The molecule has 10 heteroatoms. The van der Waals surface area contributed by atoms with Crippen LogP contribution >= 0.6 is 0 Å². The van der Waals surface area contributed by atoms with Crippen molar-refractivity contribution in [1.82, 2.24) is 4.72 Å². The minimum absolute atomic E-state index is 0.00519. The zero-order valence-electron chi connectivity index (χ0n) is 15.0. The number of anilines is 1. The van der Waals surface area contributed by atoms with Crippen molar-refractivity contribution in [3.63, 3.8) is 0 Å². The molecule has 0 saturated heterocycles. The number of carbonyl (C=O) groups is 1. The number of benzene rings is 2. The number of ether oxygens (including phenoxy) is 1. The molecular weight excluding hydrogens is 409 g/mol. The highest BCUT2D eigenvalue weighted by molar-refractivity contribution is 7.93. The fourth-order valence-corrected chi connectivity index (χ4v) is 4.02. The van der Waals surface area contributed by atoms with E-state index in [1.54, 1.807) is 0 Å². The van der Waals surface area contributed by atoms with Gasteiger partial charge in [-0.1, -0.05) is 12.1 Å². The molecule has 0 fully saturated rings. The summed E-state index contributed by atoms with van der Waals surface area (Å²) in [4.78, 5) is 12.0. The first-order valence-electron chi connectivity index (χ1n) is 8.56. The van der Waals surface area contributed by atoms with Gasteiger partial charge in [-0.3, -0.25) is 4.79 Å². The van der Waals surface area contributed by atoms with Gasteiger partial charge in [-0.15, -0.1) is 0 Å². The van der Waals surface area contributed by atoms with Crippen molar-refractivity contribution < 1.29 is 31.1 Å². The van der Waals surface area contributed by atoms with E-state index in [1.807, 2.05) is 0 Å². The van der Waals surface area contributed by atoms with E-state index in [1.165, 1.54) is 42.5 Å². The second kappa shape index (κ2) is 8.66. The Balaban J connectivity index is 1.65. The summed E-state index contributed by atoms with van der Waals surface area (Å²) in [7, 11) is -3.93. The van der Waals surface area contributed by atoms with E-state index in [0.717, 1.165) is 6.07 Å². The third-order valence-electron chi connectivity index (χ3n) is 4.17. The highest BCUT2D eigenvalue weighted by Crippen LogP contribution is 2.30. The van der Waals surface area contributed by atoms with Gasteiger partial charge in [0.1, 0.15) is 11.6 Å². The molecule has 1 aliphatic carbocycles. The third kappa shape index (κ3) is 5.58. The summed E-state index contributed by atoms with van der Waals surface area (Å²) < 4.78 is 69.2. The summed E-state index contributed by atoms with van der Waals surface area (Å²) in [6, 6.07) is 9.49. The zero-order valence-corrected chi connectivity index (χ0v) is 15.8. The first kappa shape index (κ1) is 20.9. The van der Waals surface area contributed by atoms with Crippen LogP contribution in [-0.4, -0.2) is 27.5 Å². The smallest absolute Gasteiger partial charge is 0.387 e. The largest absolute Gasteiger partial charge is 0.435 e. The topological polar surface area (TPSA) is 84.5 Å². The molecule has 0 aromatic heterocycles. The minimum atomic E-state index is -3.93. The average Bonchev–Trinajstić information content (AvgIpc) is 2.65. The van der Waals surface area contributed by atoms with Crippen LogP contribution in [0.1, 0.15) is 17.5 Å². The standard InChI is InChI=1S/C19H17F3N2O4S/c20-14-2-1-3-15(10-14)24-18(25)11-23-29(26,27)17-7-5-12-8-16(28-19(21)22)6-4-13(12)9-17/h1-4,6,8-10,19,23H,5,7,11H2,(H,24,25). The van der Waals surface area contributed by atoms with Gasteiger partial charge in [0.2, 0.25) is 15.9 Å². The second-order valence-corrected chi connectivity index (χ2v) is 8.05. The van der Waals surface area contributed by atoms with Crippen LogP contribution in [0.3, 0.4) is 0 Å². The molecule has 29 heavy (non-hydrogen) atoms. The summed E-state index contributed by atoms with van der Waals surface area (Å²) in [6.07, 6.45) is 1.89. The lowest BCUT2D eigenvalue weighted by atomic mass is 9.97. The molecule has 0 radical (unpaired) electrons. The molecule has 3 rings (SSSR count). The fraction of sp³-hybridized carbons (Fsp3) is 0.211. The number of hydrogen-bond acceptors (Lipinski definition) is 4. The van der Waals surface area contributed by atoms with Crippen LogP contribution in [0.2, 0.25) is 0 Å². The summed E-state index contributed by atoms with van der Waals surface area (Å²) in [6.45, 7) is -3.46. The summed E-state index contributed by atoms with van der Waals surface area (Å²) >= 11 is 0. The van der Waals surface area contributed by atoms with Crippen LogP contribution in [0, 0.1) is 5.82 Å². The van der Waals surface area contributed by atoms with E-state index in [-0.39, 0.29) is 22.8 Å². The molecule has 2 aromatic carbocycles. The van der Waals surface area contributed by atoms with Gasteiger partial charge in [-0.2, -0.15) is 8.78 Å². The Bertz CT molecular complexity index is 1060. The molecule has 0 spiro atoms. The van der Waals surface area contributed by atoms with Gasteiger partial charge in [0.15, 0.2) is 0 Å². The Kier molecular flexibility index (Phi) is 6.23. The average molecular weight is 426 g/mol. The highest BCUT2D eigenvalue weighted by Gasteiger charge is 2.23. The van der Waals surface area contributed by atoms with E-state index in [4.69, 9.17) is 0 Å². The predicted octanol–water partition coefficient (Wildman–Crippen LogP) is 3.27. The number of aryl methyl sites for hydroxylation is 1. The number of nitrogens with one attached hydrogen (secondary N) is 2. The maximum absolute atomic E-state index is 13.1. The van der Waals surface area contributed by atoms with Gasteiger partial charge >= 0.3 is 6.61 Å². The number of carbonyl (C=O) groups excluding carboxylic acids is 1. The number of rotatable bonds is 7. The molecule has 0 atom stereocenters. The maximum atomic E-state index is 13.1. The summed E-state index contributed by atoms with van der Waals surface area (Å²) in [5, 5.41) is 2.40. The Hall–Kier alpha value is -2.85. The van der Waals surface area contributed by atoms with E-state index in [9.17, 15) is 26.4 Å². The Labute approximate surface area is 165 Å². The molecule has 1 aliphatic rings. The van der Waals surface area contributed by atoms with Crippen LogP contribution in [0.15, 0.2) is 47.4 Å². The monoisotopic (exact) mass is 426 g/mol. The Morgan fingerprint density at radius 2 is 1.93 bits per heavy atom. The fourth-order valence-electron chi connectivity index (χ4n) is 2.86. The lowest BCUT2D eigenvalue weighted by molar-refractivity contribution is -0.115. The van der Waals surface area contributed by atoms with Gasteiger partial charge in [-0.05, 0) is 60.4 Å². The lowest BCUT2D eigenvalue weighted by Gasteiger charge is -2.18. The van der Waals surface area contributed by atoms with Crippen LogP contribution in [0.4, 0.5) is 18.9 Å². The Morgan fingerprint density at radius 1 is 1.14 bits per heavy atom. The van der Waals surface area contributed by atoms with Gasteiger partial charge in [0, 0.05) is 5.69 Å². The first-order valence-corrected chi connectivity index (χ1v) is 10.0. The van der Waals surface area contributed by atoms with Crippen LogP contribution < -0.4 is 14.8 Å². The zero-order chi connectivity index (χ0) is 21.0. The predicted molar refractivity (Wildman–Crippen MR) is 101 cm³/mol. The number of allylic oxidation sites excluding steroid dienone is 1. The van der Waals surface area contributed by atoms with Gasteiger partial charge in [0.05, 0.1) is 11.4 Å². The van der Waals surface area contributed by atoms with Crippen molar-refractivity contribution in [1.29, 1.82) is 0 Å². The molecule has 154 valence electrons. The van der Waals surface area contributed by atoms with Crippen molar-refractivity contribution in [3.05, 3.63) is 64.3 Å². The van der Waals surface area contributed by atoms with Gasteiger partial charge in [-0.25, -0.2) is 17.5 Å². The van der Waals surface area contributed by atoms with E-state index in [2.05, 4.69) is 14.8 Å². The molecule has 0 aliphatic heterocycles. The first-order chi connectivity index (χ1) is 13.7. The summed E-state index contributed by atoms with van der Waals surface area (Å²) in [5.74, 6) is -1.17. The lowest BCUT2D eigenvalue weighted by Crippen LogP contribution is -2.34. The molecule has 1 amide bonds. The SMILES string of the molecule is O=C(CNS(=O)(=O)C1=Cc2ccc(OC(F)F)cc2CC1)Nc1cccc(F)c1. The molecule has 0 saturated carbocycles. The Morgan fingerprint density at radius 3 is 2.66 bits per heavy atom. The molecule has 2 N–H and O–H groups in total. The quantitative estimate of drug-likeness (QED) is 0.712. The van der Waals surface area contributed by atoms with Crippen LogP contribution in [0.5, 0.6) is 5.75 Å². The van der Waals surface area contributed by atoms with Crippen LogP contribution in [0.25, 0.3) is 6.08 Å². The van der Waals surface area contributed by atoms with Crippen molar-refractivity contribution in [2.24, 2.45) is 0 Å². The molecule has 6 nitrogen and oxygen atoms in total. The maximum Gasteiger partial charge on any atom is 0.387 e. The van der Waals surface area contributed by atoms with E-state index < -0.39 is 34.9 Å². The number of amides is 1. The number of hydrogen-bond donors (Lipinski definition) is 2. The van der Waals surface area contributed by atoms with Crippen molar-refractivity contribution in [2.75, 3.05) is 11.9 Å². The van der Waals surface area contributed by atoms with Crippen LogP contribution in [-0.2, 0) is 21.2 Å². The molecule has 0 heterocycles. The number of alkyl halides is 2. The van der Waals surface area contributed by atoms with E-state index >= 15 is 0 Å². The van der Waals surface area contributed by atoms with Crippen molar-refractivity contribution >= 4 is 27.7 Å². The highest BCUT2D eigenvalue weighted by atomic mass is 32.2. The molecule has 2 aromatic rings.